The minimum Gasteiger partial charge on any atom is -0.325 e. The summed E-state index contributed by atoms with van der Waals surface area (Å²) in [4.78, 5) is 11.4. The molecular weight excluding hydrogens is 218 g/mol. The second kappa shape index (κ2) is 5.94. The Hall–Kier alpha value is -0.670. The number of alkyl halides is 1. The van der Waals surface area contributed by atoms with Gasteiger partial charge in [-0.2, -0.15) is 11.8 Å². The van der Waals surface area contributed by atoms with Crippen LogP contribution in [0.2, 0.25) is 0 Å². The summed E-state index contributed by atoms with van der Waals surface area (Å²) in [5.74, 6) is 0.479. The highest BCUT2D eigenvalue weighted by Gasteiger charge is 2.13. The Morgan fingerprint density at radius 2 is 2.14 bits per heavy atom. The topological polar surface area (TPSA) is 29.1 Å². The van der Waals surface area contributed by atoms with E-state index in [0.717, 1.165) is 5.69 Å². The van der Waals surface area contributed by atoms with Crippen LogP contribution in [-0.2, 0) is 4.79 Å². The van der Waals surface area contributed by atoms with Crippen LogP contribution in [0.15, 0.2) is 30.3 Å². The Balaban J connectivity index is 2.49. The van der Waals surface area contributed by atoms with E-state index >= 15 is 0 Å². The normalized spacial score (nSPS) is 12.1. The van der Waals surface area contributed by atoms with Crippen molar-refractivity contribution in [3.8, 4) is 0 Å². The highest BCUT2D eigenvalue weighted by molar-refractivity contribution is 7.98. The molecule has 1 N–H and O–H groups in total. The van der Waals surface area contributed by atoms with Crippen molar-refractivity contribution in [3.63, 3.8) is 0 Å². The SMILES string of the molecule is CSCC(Cl)C(=O)Nc1ccccc1. The first-order valence-electron chi connectivity index (χ1n) is 4.23. The highest BCUT2D eigenvalue weighted by Crippen LogP contribution is 2.10. The van der Waals surface area contributed by atoms with E-state index in [0.29, 0.717) is 5.75 Å². The fourth-order valence-electron chi connectivity index (χ4n) is 0.964. The predicted octanol–water partition coefficient (Wildman–Crippen LogP) is 2.60. The number of anilines is 1. The lowest BCUT2D eigenvalue weighted by Gasteiger charge is -2.08. The van der Waals surface area contributed by atoms with Crippen molar-refractivity contribution in [2.24, 2.45) is 0 Å². The summed E-state index contributed by atoms with van der Waals surface area (Å²) >= 11 is 7.40. The van der Waals surface area contributed by atoms with Crippen molar-refractivity contribution >= 4 is 35.0 Å². The fraction of sp³-hybridized carbons (Fsp3) is 0.300. The van der Waals surface area contributed by atoms with Gasteiger partial charge in [0.2, 0.25) is 5.91 Å². The van der Waals surface area contributed by atoms with Gasteiger partial charge in [0.1, 0.15) is 5.38 Å². The number of rotatable bonds is 4. The number of thioether (sulfide) groups is 1. The first-order chi connectivity index (χ1) is 6.74. The van der Waals surface area contributed by atoms with Crippen LogP contribution in [0.25, 0.3) is 0 Å². The zero-order valence-corrected chi connectivity index (χ0v) is 9.44. The second-order valence-electron chi connectivity index (χ2n) is 2.78. The van der Waals surface area contributed by atoms with Gasteiger partial charge in [0.25, 0.3) is 0 Å². The van der Waals surface area contributed by atoms with Crippen molar-refractivity contribution < 1.29 is 4.79 Å². The summed E-state index contributed by atoms with van der Waals surface area (Å²) in [6, 6.07) is 9.30. The Kier molecular flexibility index (Phi) is 4.84. The zero-order chi connectivity index (χ0) is 10.4. The van der Waals surface area contributed by atoms with Crippen molar-refractivity contribution in [3.05, 3.63) is 30.3 Å². The molecule has 0 radical (unpaired) electrons. The monoisotopic (exact) mass is 229 g/mol. The Morgan fingerprint density at radius 1 is 1.50 bits per heavy atom. The summed E-state index contributed by atoms with van der Waals surface area (Å²) < 4.78 is 0. The molecule has 0 aliphatic heterocycles. The van der Waals surface area contributed by atoms with Crippen LogP contribution in [0.3, 0.4) is 0 Å². The number of hydrogen-bond acceptors (Lipinski definition) is 2. The molecule has 4 heteroatoms. The van der Waals surface area contributed by atoms with E-state index < -0.39 is 5.38 Å². The maximum Gasteiger partial charge on any atom is 0.243 e. The number of halogens is 1. The van der Waals surface area contributed by atoms with Gasteiger partial charge in [-0.3, -0.25) is 4.79 Å². The molecule has 0 heterocycles. The van der Waals surface area contributed by atoms with Crippen LogP contribution in [-0.4, -0.2) is 23.3 Å². The molecule has 0 aromatic heterocycles. The first kappa shape index (κ1) is 11.4. The minimum atomic E-state index is -0.467. The van der Waals surface area contributed by atoms with Crippen molar-refractivity contribution in [1.29, 1.82) is 0 Å². The molecule has 1 rings (SSSR count). The van der Waals surface area contributed by atoms with Crippen LogP contribution in [0.5, 0.6) is 0 Å². The molecule has 0 saturated carbocycles. The molecule has 0 spiro atoms. The van der Waals surface area contributed by atoms with Crippen LogP contribution in [0.4, 0.5) is 5.69 Å². The summed E-state index contributed by atoms with van der Waals surface area (Å²) in [6.45, 7) is 0. The molecule has 1 unspecified atom stereocenters. The maximum atomic E-state index is 11.4. The third-order valence-corrected chi connectivity index (χ3v) is 2.84. The molecule has 76 valence electrons. The highest BCUT2D eigenvalue weighted by atomic mass is 35.5. The van der Waals surface area contributed by atoms with Gasteiger partial charge in [-0.1, -0.05) is 18.2 Å². The number of nitrogens with one attached hydrogen (secondary N) is 1. The van der Waals surface area contributed by atoms with Gasteiger partial charge in [0.15, 0.2) is 0 Å². The third kappa shape index (κ3) is 3.60. The number of carbonyl (C=O) groups is 1. The molecule has 0 bridgehead atoms. The van der Waals surface area contributed by atoms with Crippen LogP contribution in [0, 0.1) is 0 Å². The Morgan fingerprint density at radius 3 is 2.71 bits per heavy atom. The van der Waals surface area contributed by atoms with Crippen LogP contribution >= 0.6 is 23.4 Å². The van der Waals surface area contributed by atoms with E-state index in [9.17, 15) is 4.79 Å². The Bertz CT molecular complexity index is 291. The molecule has 2 nitrogen and oxygen atoms in total. The lowest BCUT2D eigenvalue weighted by Crippen LogP contribution is -2.24. The smallest absolute Gasteiger partial charge is 0.243 e. The predicted molar refractivity (Wildman–Crippen MR) is 63.1 cm³/mol. The van der Waals surface area contributed by atoms with Gasteiger partial charge in [-0.15, -0.1) is 11.6 Å². The number of amides is 1. The van der Waals surface area contributed by atoms with E-state index in [-0.39, 0.29) is 5.91 Å². The van der Waals surface area contributed by atoms with E-state index in [1.807, 2.05) is 36.6 Å². The number of carbonyl (C=O) groups excluding carboxylic acids is 1. The van der Waals surface area contributed by atoms with Gasteiger partial charge in [-0.05, 0) is 18.4 Å². The largest absolute Gasteiger partial charge is 0.325 e. The Labute approximate surface area is 93.0 Å². The van der Waals surface area contributed by atoms with E-state index in [1.165, 1.54) is 0 Å². The maximum absolute atomic E-state index is 11.4. The molecule has 1 aromatic rings. The number of benzene rings is 1. The van der Waals surface area contributed by atoms with Crippen molar-refractivity contribution in [1.82, 2.24) is 0 Å². The van der Waals surface area contributed by atoms with Gasteiger partial charge < -0.3 is 5.32 Å². The average molecular weight is 230 g/mol. The second-order valence-corrected chi connectivity index (χ2v) is 4.22. The van der Waals surface area contributed by atoms with Gasteiger partial charge in [0.05, 0.1) is 0 Å². The minimum absolute atomic E-state index is 0.146. The van der Waals surface area contributed by atoms with E-state index in [1.54, 1.807) is 11.8 Å². The molecule has 0 aliphatic rings. The van der Waals surface area contributed by atoms with Gasteiger partial charge >= 0.3 is 0 Å². The molecule has 14 heavy (non-hydrogen) atoms. The lowest BCUT2D eigenvalue weighted by molar-refractivity contribution is -0.115. The molecule has 1 amide bonds. The number of para-hydroxylation sites is 1. The van der Waals surface area contributed by atoms with Gasteiger partial charge in [-0.25, -0.2) is 0 Å². The summed E-state index contributed by atoms with van der Waals surface area (Å²) in [6.07, 6.45) is 1.92. The molecule has 0 aliphatic carbocycles. The number of hydrogen-bond donors (Lipinski definition) is 1. The fourth-order valence-corrected chi connectivity index (χ4v) is 1.84. The average Bonchev–Trinajstić information content (AvgIpc) is 2.19. The zero-order valence-electron chi connectivity index (χ0n) is 7.87. The first-order valence-corrected chi connectivity index (χ1v) is 6.06. The van der Waals surface area contributed by atoms with Crippen molar-refractivity contribution in [2.45, 2.75) is 5.38 Å². The quantitative estimate of drug-likeness (QED) is 0.805. The van der Waals surface area contributed by atoms with Crippen LogP contribution in [0.1, 0.15) is 0 Å². The third-order valence-electron chi connectivity index (χ3n) is 1.64. The molecule has 0 fully saturated rings. The summed E-state index contributed by atoms with van der Waals surface area (Å²) in [7, 11) is 0. The molecule has 0 saturated heterocycles. The van der Waals surface area contributed by atoms with E-state index in [2.05, 4.69) is 5.32 Å². The van der Waals surface area contributed by atoms with Crippen molar-refractivity contribution in [2.75, 3.05) is 17.3 Å². The lowest BCUT2D eigenvalue weighted by atomic mass is 10.3. The molecule has 1 atom stereocenters. The standard InChI is InChI=1S/C10H12ClNOS/c1-14-7-9(11)10(13)12-8-5-3-2-4-6-8/h2-6,9H,7H2,1H3,(H,12,13). The molecular formula is C10H12ClNOS. The summed E-state index contributed by atoms with van der Waals surface area (Å²) in [5, 5.41) is 2.27. The van der Waals surface area contributed by atoms with E-state index in [4.69, 9.17) is 11.6 Å². The van der Waals surface area contributed by atoms with Crippen LogP contribution < -0.4 is 5.32 Å². The molecule has 1 aromatic carbocycles. The summed E-state index contributed by atoms with van der Waals surface area (Å²) in [5.41, 5.74) is 0.782. The van der Waals surface area contributed by atoms with Gasteiger partial charge in [0, 0.05) is 11.4 Å².